The van der Waals surface area contributed by atoms with Crippen molar-refractivity contribution in [1.82, 2.24) is 4.98 Å². The van der Waals surface area contributed by atoms with Crippen LogP contribution in [0.2, 0.25) is 0 Å². The molecule has 0 aliphatic rings. The third-order valence-electron chi connectivity index (χ3n) is 4.55. The molecule has 0 unspecified atom stereocenters. The minimum absolute atomic E-state index is 0.325. The first kappa shape index (κ1) is 18.4. The molecule has 144 valence electrons. The van der Waals surface area contributed by atoms with E-state index >= 15 is 0 Å². The van der Waals surface area contributed by atoms with Crippen molar-refractivity contribution in [3.05, 3.63) is 84.6 Å². The third kappa shape index (κ3) is 3.87. The number of benzene rings is 2. The maximum absolute atomic E-state index is 12.8. The van der Waals surface area contributed by atoms with Gasteiger partial charge in [0.1, 0.15) is 5.69 Å². The van der Waals surface area contributed by atoms with Crippen LogP contribution in [0.25, 0.3) is 22.4 Å². The minimum atomic E-state index is -0.591. The Morgan fingerprint density at radius 3 is 2.52 bits per heavy atom. The summed E-state index contributed by atoms with van der Waals surface area (Å²) in [6.07, 6.45) is 1.54. The Morgan fingerprint density at radius 1 is 1.00 bits per heavy atom. The molecule has 4 rings (SSSR count). The monoisotopic (exact) mass is 386 g/mol. The van der Waals surface area contributed by atoms with Crippen LogP contribution >= 0.6 is 0 Å². The van der Waals surface area contributed by atoms with Gasteiger partial charge in [-0.25, -0.2) is 9.78 Å². The second kappa shape index (κ2) is 7.98. The Hall–Kier alpha value is -3.93. The summed E-state index contributed by atoms with van der Waals surface area (Å²) in [5.74, 6) is -0.370. The van der Waals surface area contributed by atoms with Crippen molar-refractivity contribution < 1.29 is 18.7 Å². The average molecular weight is 386 g/mol. The van der Waals surface area contributed by atoms with E-state index in [9.17, 15) is 9.59 Å². The summed E-state index contributed by atoms with van der Waals surface area (Å²) in [6.45, 7) is -0.364. The highest BCUT2D eigenvalue weighted by Crippen LogP contribution is 2.25. The zero-order valence-corrected chi connectivity index (χ0v) is 15.7. The third-order valence-corrected chi connectivity index (χ3v) is 4.55. The number of hydrogen-bond acceptors (Lipinski definition) is 5. The van der Waals surface area contributed by atoms with E-state index in [1.807, 2.05) is 48.5 Å². The molecule has 0 atom stereocenters. The molecule has 6 nitrogen and oxygen atoms in total. The van der Waals surface area contributed by atoms with E-state index < -0.39 is 5.97 Å². The van der Waals surface area contributed by atoms with Gasteiger partial charge in [0.05, 0.1) is 17.3 Å². The highest BCUT2D eigenvalue weighted by molar-refractivity contribution is 6.05. The van der Waals surface area contributed by atoms with E-state index in [1.54, 1.807) is 37.6 Å². The van der Waals surface area contributed by atoms with Crippen LogP contribution < -0.4 is 4.90 Å². The fourth-order valence-electron chi connectivity index (χ4n) is 2.99. The highest BCUT2D eigenvalue weighted by atomic mass is 16.5. The molecule has 0 saturated carbocycles. The molecule has 1 amide bonds. The number of hydrogen-bond donors (Lipinski definition) is 0. The number of furan rings is 1. The molecule has 0 radical (unpaired) electrons. The number of fused-ring (bicyclic) bond motifs is 1. The summed E-state index contributed by atoms with van der Waals surface area (Å²) in [7, 11) is 1.64. The van der Waals surface area contributed by atoms with Crippen molar-refractivity contribution in [3.8, 4) is 11.5 Å². The lowest BCUT2D eigenvalue weighted by atomic mass is 10.1. The van der Waals surface area contributed by atoms with Crippen LogP contribution in [0.5, 0.6) is 0 Å². The quantitative estimate of drug-likeness (QED) is 0.478. The maximum atomic E-state index is 12.8. The number of aromatic nitrogens is 1. The van der Waals surface area contributed by atoms with Crippen molar-refractivity contribution in [2.24, 2.45) is 0 Å². The van der Waals surface area contributed by atoms with Gasteiger partial charge in [-0.1, -0.05) is 36.4 Å². The second-order valence-electron chi connectivity index (χ2n) is 6.41. The topological polar surface area (TPSA) is 72.6 Å². The minimum Gasteiger partial charge on any atom is -0.463 e. The molecule has 2 aromatic carbocycles. The van der Waals surface area contributed by atoms with Gasteiger partial charge in [0.15, 0.2) is 12.4 Å². The smallest absolute Gasteiger partial charge is 0.339 e. The van der Waals surface area contributed by atoms with Gasteiger partial charge in [0.2, 0.25) is 0 Å². The molecule has 0 spiro atoms. The number of pyridine rings is 1. The Morgan fingerprint density at radius 2 is 1.76 bits per heavy atom. The van der Waals surface area contributed by atoms with Crippen molar-refractivity contribution in [1.29, 1.82) is 0 Å². The number of carbonyl (C=O) groups excluding carboxylic acids is 2. The fourth-order valence-corrected chi connectivity index (χ4v) is 2.99. The van der Waals surface area contributed by atoms with Crippen molar-refractivity contribution in [3.63, 3.8) is 0 Å². The first-order valence-electron chi connectivity index (χ1n) is 9.06. The predicted octanol–water partition coefficient (Wildman–Crippen LogP) is 4.31. The van der Waals surface area contributed by atoms with Crippen molar-refractivity contribution >= 4 is 28.5 Å². The number of nitrogens with zero attached hydrogens (tertiary/aromatic N) is 2. The van der Waals surface area contributed by atoms with Crippen LogP contribution in [0.4, 0.5) is 5.69 Å². The number of esters is 1. The van der Waals surface area contributed by atoms with Crippen LogP contribution in [-0.4, -0.2) is 30.5 Å². The Bertz CT molecular complexity index is 1150. The largest absolute Gasteiger partial charge is 0.463 e. The number of carbonyl (C=O) groups is 2. The summed E-state index contributed by atoms with van der Waals surface area (Å²) in [5.41, 5.74) is 2.22. The molecular formula is C23H18N2O4. The highest BCUT2D eigenvalue weighted by Gasteiger charge is 2.19. The van der Waals surface area contributed by atoms with Gasteiger partial charge in [-0.2, -0.15) is 0 Å². The molecular weight excluding hydrogens is 368 g/mol. The maximum Gasteiger partial charge on any atom is 0.339 e. The summed E-state index contributed by atoms with van der Waals surface area (Å²) in [6, 6.07) is 21.6. The predicted molar refractivity (Wildman–Crippen MR) is 110 cm³/mol. The molecule has 6 heteroatoms. The number of ether oxygens (including phenoxy) is 1. The van der Waals surface area contributed by atoms with Crippen LogP contribution in [0, 0.1) is 0 Å². The van der Waals surface area contributed by atoms with Crippen molar-refractivity contribution in [2.45, 2.75) is 0 Å². The van der Waals surface area contributed by atoms with Crippen molar-refractivity contribution in [2.75, 3.05) is 18.6 Å². The summed E-state index contributed by atoms with van der Waals surface area (Å²) in [4.78, 5) is 31.2. The molecule has 0 aliphatic heterocycles. The zero-order chi connectivity index (χ0) is 20.2. The van der Waals surface area contributed by atoms with Gasteiger partial charge < -0.3 is 14.1 Å². The van der Waals surface area contributed by atoms with Gasteiger partial charge in [0.25, 0.3) is 5.91 Å². The van der Waals surface area contributed by atoms with Crippen LogP contribution in [0.15, 0.2) is 83.5 Å². The van der Waals surface area contributed by atoms with Gasteiger partial charge >= 0.3 is 5.97 Å². The number of likely N-dealkylation sites (N-methyl/N-ethyl adjacent to an activating group) is 1. The lowest BCUT2D eigenvalue weighted by Crippen LogP contribution is -2.31. The molecule has 0 saturated heterocycles. The second-order valence-corrected chi connectivity index (χ2v) is 6.41. The Balaban J connectivity index is 1.57. The number of rotatable bonds is 5. The number of amides is 1. The molecule has 0 fully saturated rings. The van der Waals surface area contributed by atoms with E-state index in [2.05, 4.69) is 4.98 Å². The molecule has 0 aliphatic carbocycles. The van der Waals surface area contributed by atoms with E-state index in [0.29, 0.717) is 27.9 Å². The van der Waals surface area contributed by atoms with Crippen LogP contribution in [0.3, 0.4) is 0 Å². The first-order chi connectivity index (χ1) is 14.1. The lowest BCUT2D eigenvalue weighted by molar-refractivity contribution is -0.121. The molecule has 4 aromatic rings. The first-order valence-corrected chi connectivity index (χ1v) is 9.06. The summed E-state index contributed by atoms with van der Waals surface area (Å²) >= 11 is 0. The zero-order valence-electron chi connectivity index (χ0n) is 15.7. The normalized spacial score (nSPS) is 10.7. The number of para-hydroxylation sites is 2. The SMILES string of the molecule is CN(C(=O)COC(=O)c1cc(-c2ccco2)nc2ccccc12)c1ccccc1. The molecule has 0 N–H and O–H groups in total. The van der Waals surface area contributed by atoms with E-state index in [-0.39, 0.29) is 12.5 Å². The van der Waals surface area contributed by atoms with Gasteiger partial charge in [-0.3, -0.25) is 4.79 Å². The average Bonchev–Trinajstić information content (AvgIpc) is 3.31. The molecule has 0 bridgehead atoms. The Labute approximate surface area is 167 Å². The number of anilines is 1. The fraction of sp³-hybridized carbons (Fsp3) is 0.0870. The van der Waals surface area contributed by atoms with E-state index in [4.69, 9.17) is 9.15 Å². The summed E-state index contributed by atoms with van der Waals surface area (Å²) in [5, 5.41) is 0.650. The van der Waals surface area contributed by atoms with Crippen LogP contribution in [-0.2, 0) is 9.53 Å². The van der Waals surface area contributed by atoms with Gasteiger partial charge in [0, 0.05) is 18.1 Å². The molecule has 29 heavy (non-hydrogen) atoms. The lowest BCUT2D eigenvalue weighted by Gasteiger charge is -2.17. The molecule has 2 heterocycles. The summed E-state index contributed by atoms with van der Waals surface area (Å²) < 4.78 is 10.7. The van der Waals surface area contributed by atoms with Gasteiger partial charge in [-0.15, -0.1) is 0 Å². The van der Waals surface area contributed by atoms with E-state index in [0.717, 1.165) is 5.69 Å². The van der Waals surface area contributed by atoms with Crippen LogP contribution in [0.1, 0.15) is 10.4 Å². The van der Waals surface area contributed by atoms with Gasteiger partial charge in [-0.05, 0) is 36.4 Å². The molecule has 2 aromatic heterocycles. The Kier molecular flexibility index (Phi) is 5.07. The standard InChI is InChI=1S/C23H18N2O4/c1-25(16-8-3-2-4-9-16)22(26)15-29-23(27)18-14-20(21-12-7-13-28-21)24-19-11-6-5-10-17(18)19/h2-14H,15H2,1H3. The van der Waals surface area contributed by atoms with E-state index in [1.165, 1.54) is 4.90 Å².